The quantitative estimate of drug-likeness (QED) is 0.636. The predicted molar refractivity (Wildman–Crippen MR) is 53.4 cm³/mol. The Morgan fingerprint density at radius 1 is 1.33 bits per heavy atom. The molecule has 74 valence electrons. The first-order chi connectivity index (χ1) is 5.68. The van der Waals surface area contributed by atoms with Crippen LogP contribution < -0.4 is 5.32 Å². The fourth-order valence-electron chi connectivity index (χ4n) is 1.17. The van der Waals surface area contributed by atoms with Crippen molar-refractivity contribution in [1.29, 1.82) is 0 Å². The van der Waals surface area contributed by atoms with Crippen molar-refractivity contribution in [2.24, 2.45) is 5.41 Å². The number of hydrogen-bond acceptors (Lipinski definition) is 2. The highest BCUT2D eigenvalue weighted by atomic mass is 16.5. The van der Waals surface area contributed by atoms with Crippen LogP contribution in [-0.4, -0.2) is 26.8 Å². The minimum Gasteiger partial charge on any atom is -0.385 e. The van der Waals surface area contributed by atoms with E-state index in [1.165, 1.54) is 6.42 Å². The highest BCUT2D eigenvalue weighted by Crippen LogP contribution is 2.24. The zero-order chi connectivity index (χ0) is 9.45. The summed E-state index contributed by atoms with van der Waals surface area (Å²) in [4.78, 5) is 0. The molecule has 12 heavy (non-hydrogen) atoms. The Kier molecular flexibility index (Phi) is 6.39. The standard InChI is InChI=1S/C10H23NO/c1-5-10(3,7-8-12-4)9-11-6-2/h11H,5-9H2,1-4H3. The van der Waals surface area contributed by atoms with Gasteiger partial charge in [-0.2, -0.15) is 0 Å². The topological polar surface area (TPSA) is 21.3 Å². The van der Waals surface area contributed by atoms with Crippen LogP contribution in [0.2, 0.25) is 0 Å². The monoisotopic (exact) mass is 173 g/mol. The molecule has 2 nitrogen and oxygen atoms in total. The highest BCUT2D eigenvalue weighted by molar-refractivity contribution is 4.74. The van der Waals surface area contributed by atoms with Gasteiger partial charge in [0.1, 0.15) is 0 Å². The molecule has 0 heterocycles. The highest BCUT2D eigenvalue weighted by Gasteiger charge is 2.20. The molecule has 1 N–H and O–H groups in total. The Hall–Kier alpha value is -0.0800. The summed E-state index contributed by atoms with van der Waals surface area (Å²) in [6.45, 7) is 9.73. The minimum absolute atomic E-state index is 0.409. The minimum atomic E-state index is 0.409. The van der Waals surface area contributed by atoms with Crippen LogP contribution in [-0.2, 0) is 4.74 Å². The molecule has 0 aromatic heterocycles. The maximum atomic E-state index is 5.09. The van der Waals surface area contributed by atoms with E-state index in [2.05, 4.69) is 26.1 Å². The van der Waals surface area contributed by atoms with Gasteiger partial charge in [0.25, 0.3) is 0 Å². The van der Waals surface area contributed by atoms with Gasteiger partial charge in [-0.25, -0.2) is 0 Å². The first-order valence-electron chi connectivity index (χ1n) is 4.88. The number of methoxy groups -OCH3 is 1. The molecule has 1 atom stereocenters. The summed E-state index contributed by atoms with van der Waals surface area (Å²) in [6, 6.07) is 0. The number of hydrogen-bond donors (Lipinski definition) is 1. The Labute approximate surface area is 76.7 Å². The molecule has 0 radical (unpaired) electrons. The Balaban J connectivity index is 3.70. The lowest BCUT2D eigenvalue weighted by atomic mass is 9.84. The summed E-state index contributed by atoms with van der Waals surface area (Å²) in [5.41, 5.74) is 0.409. The smallest absolute Gasteiger partial charge is 0.0467 e. The van der Waals surface area contributed by atoms with Crippen molar-refractivity contribution in [2.75, 3.05) is 26.8 Å². The fourth-order valence-corrected chi connectivity index (χ4v) is 1.17. The third kappa shape index (κ3) is 4.73. The van der Waals surface area contributed by atoms with Crippen molar-refractivity contribution in [1.82, 2.24) is 5.32 Å². The SMILES string of the molecule is CCNCC(C)(CC)CCOC. The van der Waals surface area contributed by atoms with Crippen LogP contribution in [0.5, 0.6) is 0 Å². The summed E-state index contributed by atoms with van der Waals surface area (Å²) >= 11 is 0. The third-order valence-electron chi connectivity index (χ3n) is 2.57. The van der Waals surface area contributed by atoms with Gasteiger partial charge in [0.2, 0.25) is 0 Å². The largest absolute Gasteiger partial charge is 0.385 e. The average molecular weight is 173 g/mol. The summed E-state index contributed by atoms with van der Waals surface area (Å²) in [6.07, 6.45) is 2.36. The van der Waals surface area contributed by atoms with Crippen molar-refractivity contribution in [3.8, 4) is 0 Å². The fraction of sp³-hybridized carbons (Fsp3) is 1.00. The lowest BCUT2D eigenvalue weighted by Crippen LogP contribution is -2.32. The first kappa shape index (κ1) is 11.9. The molecule has 0 saturated carbocycles. The van der Waals surface area contributed by atoms with Crippen molar-refractivity contribution >= 4 is 0 Å². The Morgan fingerprint density at radius 3 is 2.42 bits per heavy atom. The van der Waals surface area contributed by atoms with Gasteiger partial charge in [0.15, 0.2) is 0 Å². The number of ether oxygens (including phenoxy) is 1. The van der Waals surface area contributed by atoms with Gasteiger partial charge in [-0.05, 0) is 24.8 Å². The average Bonchev–Trinajstić information content (AvgIpc) is 2.11. The number of rotatable bonds is 7. The first-order valence-corrected chi connectivity index (χ1v) is 4.88. The molecule has 0 aliphatic carbocycles. The lowest BCUT2D eigenvalue weighted by Gasteiger charge is -2.28. The second kappa shape index (κ2) is 6.44. The zero-order valence-corrected chi connectivity index (χ0v) is 8.94. The molecule has 0 aromatic rings. The van der Waals surface area contributed by atoms with Gasteiger partial charge < -0.3 is 10.1 Å². The van der Waals surface area contributed by atoms with Crippen LogP contribution in [0.4, 0.5) is 0 Å². The summed E-state index contributed by atoms with van der Waals surface area (Å²) < 4.78 is 5.09. The summed E-state index contributed by atoms with van der Waals surface area (Å²) in [7, 11) is 1.77. The molecule has 0 aromatic carbocycles. The third-order valence-corrected chi connectivity index (χ3v) is 2.57. The molecule has 0 aliphatic rings. The molecule has 0 rings (SSSR count). The second-order valence-electron chi connectivity index (χ2n) is 3.69. The van der Waals surface area contributed by atoms with E-state index < -0.39 is 0 Å². The zero-order valence-electron chi connectivity index (χ0n) is 8.94. The van der Waals surface area contributed by atoms with Gasteiger partial charge >= 0.3 is 0 Å². The van der Waals surface area contributed by atoms with Gasteiger partial charge in [0.05, 0.1) is 0 Å². The van der Waals surface area contributed by atoms with Crippen LogP contribution in [0.1, 0.15) is 33.6 Å². The normalized spacial score (nSPS) is 16.0. The van der Waals surface area contributed by atoms with Crippen LogP contribution in [0.3, 0.4) is 0 Å². The van der Waals surface area contributed by atoms with E-state index in [9.17, 15) is 0 Å². The van der Waals surface area contributed by atoms with E-state index in [0.29, 0.717) is 5.41 Å². The van der Waals surface area contributed by atoms with E-state index in [1.54, 1.807) is 7.11 Å². The van der Waals surface area contributed by atoms with Crippen molar-refractivity contribution in [2.45, 2.75) is 33.6 Å². The van der Waals surface area contributed by atoms with E-state index >= 15 is 0 Å². The Morgan fingerprint density at radius 2 is 2.00 bits per heavy atom. The van der Waals surface area contributed by atoms with Crippen molar-refractivity contribution in [3.05, 3.63) is 0 Å². The Bertz CT molecular complexity index is 96.0. The molecular formula is C10H23NO. The molecule has 0 amide bonds. The van der Waals surface area contributed by atoms with E-state index in [0.717, 1.165) is 26.1 Å². The molecule has 0 fully saturated rings. The van der Waals surface area contributed by atoms with E-state index in [-0.39, 0.29) is 0 Å². The van der Waals surface area contributed by atoms with Crippen molar-refractivity contribution in [3.63, 3.8) is 0 Å². The van der Waals surface area contributed by atoms with Gasteiger partial charge in [-0.3, -0.25) is 0 Å². The van der Waals surface area contributed by atoms with E-state index in [4.69, 9.17) is 4.74 Å². The molecule has 0 bridgehead atoms. The molecule has 0 saturated heterocycles. The molecule has 2 heteroatoms. The van der Waals surface area contributed by atoms with Crippen LogP contribution in [0.15, 0.2) is 0 Å². The number of nitrogens with one attached hydrogen (secondary N) is 1. The van der Waals surface area contributed by atoms with Crippen LogP contribution >= 0.6 is 0 Å². The van der Waals surface area contributed by atoms with Gasteiger partial charge in [0, 0.05) is 20.3 Å². The molecule has 0 spiro atoms. The van der Waals surface area contributed by atoms with Crippen LogP contribution in [0.25, 0.3) is 0 Å². The maximum absolute atomic E-state index is 5.09. The summed E-state index contributed by atoms with van der Waals surface area (Å²) in [5, 5.41) is 3.39. The molecule has 1 unspecified atom stereocenters. The lowest BCUT2D eigenvalue weighted by molar-refractivity contribution is 0.140. The van der Waals surface area contributed by atoms with E-state index in [1.807, 2.05) is 0 Å². The summed E-state index contributed by atoms with van der Waals surface area (Å²) in [5.74, 6) is 0. The second-order valence-corrected chi connectivity index (χ2v) is 3.69. The predicted octanol–water partition coefficient (Wildman–Crippen LogP) is 2.05. The maximum Gasteiger partial charge on any atom is 0.0467 e. The van der Waals surface area contributed by atoms with Crippen LogP contribution in [0, 0.1) is 5.41 Å². The van der Waals surface area contributed by atoms with Crippen molar-refractivity contribution < 1.29 is 4.74 Å². The van der Waals surface area contributed by atoms with Gasteiger partial charge in [-0.1, -0.05) is 20.8 Å². The van der Waals surface area contributed by atoms with Gasteiger partial charge in [-0.15, -0.1) is 0 Å². The molecule has 0 aliphatic heterocycles. The molecular weight excluding hydrogens is 150 g/mol.